The fourth-order valence-corrected chi connectivity index (χ4v) is 2.26. The molecule has 0 aliphatic carbocycles. The van der Waals surface area contributed by atoms with Crippen molar-refractivity contribution in [1.29, 1.82) is 0 Å². The molecule has 1 heterocycles. The summed E-state index contributed by atoms with van der Waals surface area (Å²) in [5, 5.41) is 4.29. The molecule has 96 valence electrons. The second-order valence-electron chi connectivity index (χ2n) is 5.32. The van der Waals surface area contributed by atoms with Gasteiger partial charge in [-0.3, -0.25) is 4.79 Å². The van der Waals surface area contributed by atoms with Crippen LogP contribution in [0.3, 0.4) is 0 Å². The zero-order valence-electron chi connectivity index (χ0n) is 11.2. The molecule has 1 aromatic heterocycles. The lowest BCUT2D eigenvalue weighted by atomic mass is 9.94. The second kappa shape index (κ2) is 4.84. The first-order valence-corrected chi connectivity index (χ1v) is 6.38. The average molecular weight is 244 g/mol. The average Bonchev–Trinajstić information content (AvgIpc) is 2.71. The van der Waals surface area contributed by atoms with Crippen LogP contribution in [-0.4, -0.2) is 16.4 Å². The van der Waals surface area contributed by atoms with Gasteiger partial charge in [0.25, 0.3) is 0 Å². The number of benzene rings is 1. The van der Waals surface area contributed by atoms with Gasteiger partial charge in [-0.1, -0.05) is 25.1 Å². The van der Waals surface area contributed by atoms with Gasteiger partial charge in [-0.25, -0.2) is 0 Å². The summed E-state index contributed by atoms with van der Waals surface area (Å²) in [6.07, 6.45) is 3.38. The zero-order chi connectivity index (χ0) is 13.2. The van der Waals surface area contributed by atoms with Crippen LogP contribution in [0.5, 0.6) is 0 Å². The van der Waals surface area contributed by atoms with E-state index in [-0.39, 0.29) is 11.4 Å². The first kappa shape index (κ1) is 12.7. The quantitative estimate of drug-likeness (QED) is 0.853. The number of amides is 1. The van der Waals surface area contributed by atoms with E-state index in [2.05, 4.69) is 36.3 Å². The third-order valence-electron chi connectivity index (χ3n) is 3.11. The van der Waals surface area contributed by atoms with Crippen LogP contribution >= 0.6 is 0 Å². The van der Waals surface area contributed by atoms with Crippen molar-refractivity contribution in [3.05, 3.63) is 36.0 Å². The molecule has 2 rings (SSSR count). The van der Waals surface area contributed by atoms with Crippen molar-refractivity contribution in [1.82, 2.24) is 10.3 Å². The van der Waals surface area contributed by atoms with Crippen LogP contribution in [0.1, 0.15) is 32.8 Å². The molecule has 0 unspecified atom stereocenters. The van der Waals surface area contributed by atoms with E-state index in [1.54, 1.807) is 0 Å². The van der Waals surface area contributed by atoms with Gasteiger partial charge in [0.05, 0.1) is 0 Å². The van der Waals surface area contributed by atoms with Crippen molar-refractivity contribution >= 4 is 16.8 Å². The lowest BCUT2D eigenvalue weighted by Crippen LogP contribution is -2.44. The third-order valence-corrected chi connectivity index (χ3v) is 3.11. The minimum atomic E-state index is -0.224. The maximum atomic E-state index is 11.5. The van der Waals surface area contributed by atoms with Gasteiger partial charge in [0.15, 0.2) is 0 Å². The smallest absolute Gasteiger partial charge is 0.220 e. The van der Waals surface area contributed by atoms with E-state index >= 15 is 0 Å². The summed E-state index contributed by atoms with van der Waals surface area (Å²) in [5.74, 6) is 0.0971. The van der Waals surface area contributed by atoms with Crippen molar-refractivity contribution < 1.29 is 4.79 Å². The van der Waals surface area contributed by atoms with E-state index in [1.807, 2.05) is 25.3 Å². The summed E-state index contributed by atoms with van der Waals surface area (Å²) < 4.78 is 0. The molecule has 0 fully saturated rings. The van der Waals surface area contributed by atoms with Crippen molar-refractivity contribution in [3.63, 3.8) is 0 Å². The Hall–Kier alpha value is -1.77. The number of fused-ring (bicyclic) bond motifs is 1. The van der Waals surface area contributed by atoms with Crippen molar-refractivity contribution in [2.24, 2.45) is 0 Å². The van der Waals surface area contributed by atoms with Crippen LogP contribution in [0.4, 0.5) is 0 Å². The maximum Gasteiger partial charge on any atom is 0.220 e. The number of carbonyl (C=O) groups excluding carboxylic acids is 1. The molecular formula is C15H20N2O. The number of H-pyrrole nitrogens is 1. The number of nitrogens with one attached hydrogen (secondary N) is 2. The van der Waals surface area contributed by atoms with Gasteiger partial charge in [-0.05, 0) is 31.9 Å². The van der Waals surface area contributed by atoms with E-state index < -0.39 is 0 Å². The molecule has 0 saturated carbocycles. The molecule has 0 saturated heterocycles. The van der Waals surface area contributed by atoms with E-state index in [0.29, 0.717) is 6.42 Å². The summed E-state index contributed by atoms with van der Waals surface area (Å²) in [4.78, 5) is 14.8. The highest BCUT2D eigenvalue weighted by molar-refractivity contribution is 5.83. The number of hydrogen-bond acceptors (Lipinski definition) is 1. The Bertz CT molecular complexity index is 554. The zero-order valence-corrected chi connectivity index (χ0v) is 11.2. The second-order valence-corrected chi connectivity index (χ2v) is 5.32. The molecule has 3 nitrogen and oxygen atoms in total. The Labute approximate surface area is 108 Å². The predicted octanol–water partition coefficient (Wildman–Crippen LogP) is 3.02. The predicted molar refractivity (Wildman–Crippen MR) is 74.5 cm³/mol. The Kier molecular flexibility index (Phi) is 3.41. The molecule has 1 aromatic carbocycles. The molecule has 0 aliphatic heterocycles. The van der Waals surface area contributed by atoms with E-state index in [4.69, 9.17) is 0 Å². The van der Waals surface area contributed by atoms with Gasteiger partial charge in [0.2, 0.25) is 5.91 Å². The molecular weight excluding hydrogens is 224 g/mol. The van der Waals surface area contributed by atoms with Crippen molar-refractivity contribution in [2.45, 2.75) is 39.2 Å². The number of para-hydroxylation sites is 1. The topological polar surface area (TPSA) is 44.9 Å². The van der Waals surface area contributed by atoms with Gasteiger partial charge in [-0.2, -0.15) is 0 Å². The van der Waals surface area contributed by atoms with Gasteiger partial charge >= 0.3 is 0 Å². The molecule has 1 amide bonds. The van der Waals surface area contributed by atoms with E-state index in [9.17, 15) is 4.79 Å². The fourth-order valence-electron chi connectivity index (χ4n) is 2.26. The van der Waals surface area contributed by atoms with Crippen molar-refractivity contribution in [3.8, 4) is 0 Å². The molecule has 0 radical (unpaired) electrons. The lowest BCUT2D eigenvalue weighted by Gasteiger charge is -2.26. The molecule has 0 atom stereocenters. The lowest BCUT2D eigenvalue weighted by molar-refractivity contribution is -0.122. The SMILES string of the molecule is CCC(=O)NC(C)(C)Cc1c[nH]c2ccccc12. The van der Waals surface area contributed by atoms with Crippen LogP contribution in [0.25, 0.3) is 10.9 Å². The fraction of sp³-hybridized carbons (Fsp3) is 0.400. The molecule has 3 heteroatoms. The first-order chi connectivity index (χ1) is 8.52. The number of carbonyl (C=O) groups is 1. The van der Waals surface area contributed by atoms with Crippen molar-refractivity contribution in [2.75, 3.05) is 0 Å². The molecule has 0 aliphatic rings. The normalized spacial score (nSPS) is 11.7. The minimum absolute atomic E-state index is 0.0971. The van der Waals surface area contributed by atoms with E-state index in [0.717, 1.165) is 11.9 Å². The number of rotatable bonds is 4. The molecule has 2 aromatic rings. The van der Waals surface area contributed by atoms with Crippen LogP contribution in [0.15, 0.2) is 30.5 Å². The molecule has 18 heavy (non-hydrogen) atoms. The Balaban J connectivity index is 2.20. The molecule has 2 N–H and O–H groups in total. The highest BCUT2D eigenvalue weighted by Gasteiger charge is 2.21. The Morgan fingerprint density at radius 2 is 2.06 bits per heavy atom. The standard InChI is InChI=1S/C15H20N2O/c1-4-14(18)17-15(2,3)9-11-10-16-13-8-6-5-7-12(11)13/h5-8,10,16H,4,9H2,1-3H3,(H,17,18). The highest BCUT2D eigenvalue weighted by atomic mass is 16.1. The summed E-state index contributed by atoms with van der Waals surface area (Å²) in [6.45, 7) is 5.99. The molecule has 0 spiro atoms. The monoisotopic (exact) mass is 244 g/mol. The summed E-state index contributed by atoms with van der Waals surface area (Å²) in [7, 11) is 0. The number of hydrogen-bond donors (Lipinski definition) is 2. The highest BCUT2D eigenvalue weighted by Crippen LogP contribution is 2.22. The van der Waals surface area contributed by atoms with Crippen LogP contribution in [0.2, 0.25) is 0 Å². The first-order valence-electron chi connectivity index (χ1n) is 6.38. The van der Waals surface area contributed by atoms with Crippen LogP contribution in [0, 0.1) is 0 Å². The van der Waals surface area contributed by atoms with Gasteiger partial charge in [0.1, 0.15) is 0 Å². The Morgan fingerprint density at radius 3 is 2.78 bits per heavy atom. The largest absolute Gasteiger partial charge is 0.361 e. The minimum Gasteiger partial charge on any atom is -0.361 e. The summed E-state index contributed by atoms with van der Waals surface area (Å²) in [6, 6.07) is 8.24. The Morgan fingerprint density at radius 1 is 1.33 bits per heavy atom. The maximum absolute atomic E-state index is 11.5. The van der Waals surface area contributed by atoms with E-state index in [1.165, 1.54) is 10.9 Å². The van der Waals surface area contributed by atoms with Gasteiger partial charge < -0.3 is 10.3 Å². The number of aromatic nitrogens is 1. The molecule has 0 bridgehead atoms. The number of aromatic amines is 1. The summed E-state index contributed by atoms with van der Waals surface area (Å²) in [5.41, 5.74) is 2.16. The van der Waals surface area contributed by atoms with Gasteiger partial charge in [-0.15, -0.1) is 0 Å². The summed E-state index contributed by atoms with van der Waals surface area (Å²) >= 11 is 0. The van der Waals surface area contributed by atoms with Crippen LogP contribution in [-0.2, 0) is 11.2 Å². The van der Waals surface area contributed by atoms with Crippen LogP contribution < -0.4 is 5.32 Å². The van der Waals surface area contributed by atoms with Gasteiger partial charge in [0, 0.05) is 29.1 Å². The third kappa shape index (κ3) is 2.73.